The number of nitrogens with one attached hydrogen (secondary N) is 1. The number of esters is 1. The summed E-state index contributed by atoms with van der Waals surface area (Å²) in [5, 5.41) is 2.49. The number of amides is 1. The molecule has 0 aliphatic carbocycles. The maximum atomic E-state index is 13.1. The van der Waals surface area contributed by atoms with Gasteiger partial charge in [0.15, 0.2) is 6.10 Å². The van der Waals surface area contributed by atoms with Gasteiger partial charge in [-0.25, -0.2) is 9.18 Å². The highest BCUT2D eigenvalue weighted by atomic mass is 19.1. The van der Waals surface area contributed by atoms with E-state index in [0.717, 1.165) is 0 Å². The van der Waals surface area contributed by atoms with Crippen molar-refractivity contribution in [2.75, 3.05) is 5.32 Å². The summed E-state index contributed by atoms with van der Waals surface area (Å²) in [5.74, 6) is -0.994. The highest BCUT2D eigenvalue weighted by Crippen LogP contribution is 2.15. The van der Waals surface area contributed by atoms with Crippen LogP contribution in [0.3, 0.4) is 0 Å². The molecule has 1 amide bonds. The van der Waals surface area contributed by atoms with E-state index in [-0.39, 0.29) is 6.10 Å². The average molecular weight is 345 g/mol. The van der Waals surface area contributed by atoms with Crippen molar-refractivity contribution in [3.63, 3.8) is 0 Å². The monoisotopic (exact) mass is 345 g/mol. The molecule has 2 aromatic rings. The first kappa shape index (κ1) is 18.4. The normalized spacial score (nSPS) is 11.7. The molecule has 0 spiro atoms. The van der Waals surface area contributed by atoms with Crippen molar-refractivity contribution in [3.8, 4) is 5.75 Å². The predicted octanol–water partition coefficient (Wildman–Crippen LogP) is 3.80. The zero-order valence-corrected chi connectivity index (χ0v) is 14.3. The zero-order chi connectivity index (χ0) is 18.4. The van der Waals surface area contributed by atoms with Crippen LogP contribution in [0.4, 0.5) is 10.1 Å². The number of rotatable bonds is 6. The Balaban J connectivity index is 1.93. The molecule has 0 aliphatic rings. The summed E-state index contributed by atoms with van der Waals surface area (Å²) in [6, 6.07) is 11.9. The van der Waals surface area contributed by atoms with Crippen LogP contribution in [-0.4, -0.2) is 24.1 Å². The molecule has 1 unspecified atom stereocenters. The summed E-state index contributed by atoms with van der Waals surface area (Å²) in [6.07, 6.45) is -0.994. The van der Waals surface area contributed by atoms with Crippen LogP contribution in [0.25, 0.3) is 0 Å². The molecule has 1 atom stereocenters. The van der Waals surface area contributed by atoms with Crippen molar-refractivity contribution >= 4 is 17.6 Å². The number of carbonyl (C=O) groups is 2. The second-order valence-corrected chi connectivity index (χ2v) is 5.74. The summed E-state index contributed by atoms with van der Waals surface area (Å²) in [5.41, 5.74) is 0.601. The van der Waals surface area contributed by atoms with Crippen LogP contribution in [0.2, 0.25) is 0 Å². The lowest BCUT2D eigenvalue weighted by atomic mass is 10.2. The predicted molar refractivity (Wildman–Crippen MR) is 92.1 cm³/mol. The van der Waals surface area contributed by atoms with E-state index in [1.54, 1.807) is 30.3 Å². The van der Waals surface area contributed by atoms with Crippen LogP contribution < -0.4 is 10.1 Å². The molecule has 132 valence electrons. The van der Waals surface area contributed by atoms with Crippen LogP contribution in [0, 0.1) is 5.82 Å². The SMILES string of the molecule is CC(C)Oc1ccc(C(=O)OC(C)C(=O)Nc2cccc(F)c2)cc1. The van der Waals surface area contributed by atoms with Gasteiger partial charge in [0, 0.05) is 5.69 Å². The first-order chi connectivity index (χ1) is 11.8. The van der Waals surface area contributed by atoms with Gasteiger partial charge in [0.05, 0.1) is 11.7 Å². The van der Waals surface area contributed by atoms with Crippen molar-refractivity contribution < 1.29 is 23.5 Å². The number of benzene rings is 2. The van der Waals surface area contributed by atoms with Crippen LogP contribution in [0.1, 0.15) is 31.1 Å². The molecule has 25 heavy (non-hydrogen) atoms. The van der Waals surface area contributed by atoms with E-state index in [1.165, 1.54) is 25.1 Å². The van der Waals surface area contributed by atoms with Gasteiger partial charge in [0.2, 0.25) is 0 Å². The Bertz CT molecular complexity index is 743. The maximum Gasteiger partial charge on any atom is 0.338 e. The minimum absolute atomic E-state index is 0.0318. The third-order valence-corrected chi connectivity index (χ3v) is 3.21. The lowest BCUT2D eigenvalue weighted by Crippen LogP contribution is -2.30. The van der Waals surface area contributed by atoms with Crippen molar-refractivity contribution in [2.45, 2.75) is 33.0 Å². The Labute approximate surface area is 145 Å². The fourth-order valence-electron chi connectivity index (χ4n) is 2.03. The lowest BCUT2D eigenvalue weighted by Gasteiger charge is -2.14. The summed E-state index contributed by atoms with van der Waals surface area (Å²) < 4.78 is 23.7. The molecule has 0 heterocycles. The summed E-state index contributed by atoms with van der Waals surface area (Å²) in [4.78, 5) is 24.1. The molecule has 0 saturated carbocycles. The number of carbonyl (C=O) groups excluding carboxylic acids is 2. The fourth-order valence-corrected chi connectivity index (χ4v) is 2.03. The van der Waals surface area contributed by atoms with Crippen LogP contribution in [0.15, 0.2) is 48.5 Å². The first-order valence-electron chi connectivity index (χ1n) is 7.89. The largest absolute Gasteiger partial charge is 0.491 e. The lowest BCUT2D eigenvalue weighted by molar-refractivity contribution is -0.123. The molecule has 5 nitrogen and oxygen atoms in total. The van der Waals surface area contributed by atoms with Crippen molar-refractivity contribution in [1.82, 2.24) is 0 Å². The molecule has 0 aromatic heterocycles. The summed E-state index contributed by atoms with van der Waals surface area (Å²) >= 11 is 0. The van der Waals surface area contributed by atoms with Crippen LogP contribution in [0.5, 0.6) is 5.75 Å². The molecule has 0 bridgehead atoms. The van der Waals surface area contributed by atoms with Crippen molar-refractivity contribution in [3.05, 3.63) is 59.9 Å². The molecule has 0 fully saturated rings. The van der Waals surface area contributed by atoms with Gasteiger partial charge in [-0.1, -0.05) is 6.07 Å². The van der Waals surface area contributed by atoms with E-state index in [1.807, 2.05) is 13.8 Å². The van der Waals surface area contributed by atoms with E-state index in [4.69, 9.17) is 9.47 Å². The van der Waals surface area contributed by atoms with E-state index >= 15 is 0 Å². The van der Waals surface area contributed by atoms with E-state index in [9.17, 15) is 14.0 Å². The second kappa shape index (κ2) is 8.28. The van der Waals surface area contributed by atoms with Gasteiger partial charge >= 0.3 is 5.97 Å². The number of hydrogen-bond acceptors (Lipinski definition) is 4. The molecule has 0 aliphatic heterocycles. The Morgan fingerprint density at radius 3 is 2.32 bits per heavy atom. The molecule has 6 heteroatoms. The second-order valence-electron chi connectivity index (χ2n) is 5.74. The van der Waals surface area contributed by atoms with Crippen molar-refractivity contribution in [2.24, 2.45) is 0 Å². The fraction of sp³-hybridized carbons (Fsp3) is 0.263. The van der Waals surface area contributed by atoms with Gasteiger partial charge in [0.1, 0.15) is 11.6 Å². The molecular formula is C19H20FNO4. The third kappa shape index (κ3) is 5.60. The van der Waals surface area contributed by atoms with Gasteiger partial charge in [-0.3, -0.25) is 4.79 Å². The number of hydrogen-bond donors (Lipinski definition) is 1. The number of ether oxygens (including phenoxy) is 2. The highest BCUT2D eigenvalue weighted by Gasteiger charge is 2.19. The van der Waals surface area contributed by atoms with E-state index in [2.05, 4.69) is 5.32 Å². The van der Waals surface area contributed by atoms with Crippen LogP contribution >= 0.6 is 0 Å². The van der Waals surface area contributed by atoms with Gasteiger partial charge < -0.3 is 14.8 Å². The highest BCUT2D eigenvalue weighted by molar-refractivity contribution is 5.97. The first-order valence-corrected chi connectivity index (χ1v) is 7.89. The molecule has 1 N–H and O–H groups in total. The molecular weight excluding hydrogens is 325 g/mol. The number of anilines is 1. The standard InChI is InChI=1S/C19H20FNO4/c1-12(2)24-17-9-7-14(8-10-17)19(23)25-13(3)18(22)21-16-6-4-5-15(20)11-16/h4-13H,1-3H3,(H,21,22). The molecule has 0 radical (unpaired) electrons. The Hall–Kier alpha value is -2.89. The quantitative estimate of drug-likeness (QED) is 0.809. The van der Waals surface area contributed by atoms with E-state index < -0.39 is 23.8 Å². The molecule has 2 aromatic carbocycles. The van der Waals surface area contributed by atoms with Gasteiger partial charge in [-0.15, -0.1) is 0 Å². The van der Waals surface area contributed by atoms with Crippen LogP contribution in [-0.2, 0) is 9.53 Å². The van der Waals surface area contributed by atoms with E-state index in [0.29, 0.717) is 17.0 Å². The topological polar surface area (TPSA) is 64.6 Å². The maximum absolute atomic E-state index is 13.1. The molecule has 2 rings (SSSR count). The average Bonchev–Trinajstić information content (AvgIpc) is 2.54. The minimum Gasteiger partial charge on any atom is -0.491 e. The Morgan fingerprint density at radius 2 is 1.72 bits per heavy atom. The number of halogens is 1. The summed E-state index contributed by atoms with van der Waals surface area (Å²) in [6.45, 7) is 5.25. The van der Waals surface area contributed by atoms with Gasteiger partial charge in [-0.05, 0) is 63.2 Å². The Kier molecular flexibility index (Phi) is 6.11. The molecule has 0 saturated heterocycles. The smallest absolute Gasteiger partial charge is 0.338 e. The van der Waals surface area contributed by atoms with Gasteiger partial charge in [0.25, 0.3) is 5.91 Å². The third-order valence-electron chi connectivity index (χ3n) is 3.21. The Morgan fingerprint density at radius 1 is 1.04 bits per heavy atom. The van der Waals surface area contributed by atoms with Crippen molar-refractivity contribution in [1.29, 1.82) is 0 Å². The summed E-state index contributed by atoms with van der Waals surface area (Å²) in [7, 11) is 0. The zero-order valence-electron chi connectivity index (χ0n) is 14.3. The minimum atomic E-state index is -1.03. The van der Waals surface area contributed by atoms with Gasteiger partial charge in [-0.2, -0.15) is 0 Å².